The van der Waals surface area contributed by atoms with E-state index in [2.05, 4.69) is 6.58 Å². The molecule has 16 heavy (non-hydrogen) atoms. The molecule has 1 aromatic carbocycles. The van der Waals surface area contributed by atoms with E-state index < -0.39 is 7.12 Å². The molecule has 1 heterocycles. The fourth-order valence-electron chi connectivity index (χ4n) is 1.43. The zero-order chi connectivity index (χ0) is 11.5. The molecule has 0 fully saturated rings. The zero-order valence-corrected chi connectivity index (χ0v) is 9.45. The van der Waals surface area contributed by atoms with E-state index in [0.717, 1.165) is 16.0 Å². The molecule has 0 unspecified atom stereocenters. The Balaban J connectivity index is 2.31. The molecular weight excluding hydrogens is 219 g/mol. The Bertz CT molecular complexity index is 488. The molecule has 1 aromatic heterocycles. The van der Waals surface area contributed by atoms with Crippen molar-refractivity contribution in [3.8, 4) is 10.4 Å². The largest absolute Gasteiger partial charge is 0.499 e. The molecule has 0 amide bonds. The third-order valence-electron chi connectivity index (χ3n) is 2.31. The molecule has 80 valence electrons. The topological polar surface area (TPSA) is 40.5 Å². The first kappa shape index (κ1) is 11.1. The third kappa shape index (κ3) is 2.24. The van der Waals surface area contributed by atoms with E-state index >= 15 is 0 Å². The highest BCUT2D eigenvalue weighted by atomic mass is 32.1. The molecule has 0 atom stereocenters. The van der Waals surface area contributed by atoms with Gasteiger partial charge in [-0.05, 0) is 17.2 Å². The molecule has 2 nitrogen and oxygen atoms in total. The highest BCUT2D eigenvalue weighted by molar-refractivity contribution is 7.24. The number of hydrogen-bond acceptors (Lipinski definition) is 3. The molecule has 0 aliphatic carbocycles. The molecule has 0 aliphatic heterocycles. The van der Waals surface area contributed by atoms with Crippen LogP contribution in [-0.2, 0) is 0 Å². The van der Waals surface area contributed by atoms with Gasteiger partial charge in [0, 0.05) is 9.65 Å². The van der Waals surface area contributed by atoms with Gasteiger partial charge in [-0.2, -0.15) is 0 Å². The summed E-state index contributed by atoms with van der Waals surface area (Å²) >= 11 is 1.38. The molecule has 4 heteroatoms. The van der Waals surface area contributed by atoms with Gasteiger partial charge >= 0.3 is 7.12 Å². The molecule has 0 bridgehead atoms. The summed E-state index contributed by atoms with van der Waals surface area (Å²) in [5.41, 5.74) is 2.14. The lowest BCUT2D eigenvalue weighted by atomic mass is 9.90. The van der Waals surface area contributed by atoms with Crippen molar-refractivity contribution >= 4 is 29.3 Å². The van der Waals surface area contributed by atoms with Crippen LogP contribution in [-0.4, -0.2) is 17.2 Å². The molecule has 2 N–H and O–H groups in total. The van der Waals surface area contributed by atoms with Gasteiger partial charge in [0.2, 0.25) is 0 Å². The third-order valence-corrected chi connectivity index (χ3v) is 3.49. The molecule has 0 aliphatic rings. The minimum Gasteiger partial charge on any atom is -0.423 e. The van der Waals surface area contributed by atoms with Crippen LogP contribution >= 0.6 is 11.3 Å². The molecule has 0 saturated heterocycles. The van der Waals surface area contributed by atoms with E-state index in [4.69, 9.17) is 10.0 Å². The lowest BCUT2D eigenvalue weighted by molar-refractivity contribution is 0.427. The summed E-state index contributed by atoms with van der Waals surface area (Å²) < 4.78 is 0.558. The van der Waals surface area contributed by atoms with Gasteiger partial charge in [-0.25, -0.2) is 0 Å². The minimum absolute atomic E-state index is 0.558. The summed E-state index contributed by atoms with van der Waals surface area (Å²) in [6, 6.07) is 11.6. The van der Waals surface area contributed by atoms with Crippen LogP contribution in [0, 0.1) is 0 Å². The van der Waals surface area contributed by atoms with Crippen LogP contribution in [0.1, 0.15) is 5.56 Å². The van der Waals surface area contributed by atoms with E-state index in [9.17, 15) is 0 Å². The monoisotopic (exact) mass is 230 g/mol. The standard InChI is InChI=1S/C12H11BO2S/c1-2-9-3-5-10(6-4-9)11-7-8-12(16-11)13(14)15/h2-8,14-15H,1H2. The smallest absolute Gasteiger partial charge is 0.423 e. The summed E-state index contributed by atoms with van der Waals surface area (Å²) in [4.78, 5) is 1.03. The number of rotatable bonds is 3. The first-order valence-corrected chi connectivity index (χ1v) is 5.71. The van der Waals surface area contributed by atoms with Crippen molar-refractivity contribution in [3.63, 3.8) is 0 Å². The fourth-order valence-corrected chi connectivity index (χ4v) is 2.32. The fraction of sp³-hybridized carbons (Fsp3) is 0. The Labute approximate surface area is 98.7 Å². The maximum Gasteiger partial charge on any atom is 0.499 e. The summed E-state index contributed by atoms with van der Waals surface area (Å²) in [6.07, 6.45) is 1.79. The van der Waals surface area contributed by atoms with Gasteiger partial charge in [-0.3, -0.25) is 0 Å². The summed E-state index contributed by atoms with van der Waals surface area (Å²) in [7, 11) is -1.38. The van der Waals surface area contributed by atoms with Crippen molar-refractivity contribution in [2.45, 2.75) is 0 Å². The van der Waals surface area contributed by atoms with Gasteiger partial charge in [-0.15, -0.1) is 11.3 Å². The van der Waals surface area contributed by atoms with Gasteiger partial charge in [0.1, 0.15) is 0 Å². The molecule has 0 saturated carbocycles. The molecule has 2 rings (SSSR count). The zero-order valence-electron chi connectivity index (χ0n) is 8.63. The van der Waals surface area contributed by atoms with Crippen molar-refractivity contribution < 1.29 is 10.0 Å². The highest BCUT2D eigenvalue weighted by Crippen LogP contribution is 2.24. The van der Waals surface area contributed by atoms with Gasteiger partial charge in [-0.1, -0.05) is 43.0 Å². The van der Waals surface area contributed by atoms with Crippen LogP contribution in [0.25, 0.3) is 16.5 Å². The summed E-state index contributed by atoms with van der Waals surface area (Å²) in [5, 5.41) is 18.0. The van der Waals surface area contributed by atoms with Gasteiger partial charge in [0.25, 0.3) is 0 Å². The van der Waals surface area contributed by atoms with Crippen molar-refractivity contribution in [1.29, 1.82) is 0 Å². The Morgan fingerprint density at radius 3 is 2.25 bits per heavy atom. The van der Waals surface area contributed by atoms with Crippen molar-refractivity contribution in [2.75, 3.05) is 0 Å². The second-order valence-electron chi connectivity index (χ2n) is 3.40. The Kier molecular flexibility index (Phi) is 3.24. The number of benzene rings is 1. The predicted octanol–water partition coefficient (Wildman–Crippen LogP) is 1.74. The average Bonchev–Trinajstić information content (AvgIpc) is 2.78. The Hall–Kier alpha value is -1.36. The van der Waals surface area contributed by atoms with Gasteiger partial charge in [0.05, 0.1) is 0 Å². The van der Waals surface area contributed by atoms with Crippen molar-refractivity contribution in [1.82, 2.24) is 0 Å². The Morgan fingerprint density at radius 1 is 1.06 bits per heavy atom. The van der Waals surface area contributed by atoms with E-state index in [1.165, 1.54) is 11.3 Å². The maximum absolute atomic E-state index is 9.02. The second kappa shape index (κ2) is 4.66. The van der Waals surface area contributed by atoms with Gasteiger partial charge in [0.15, 0.2) is 0 Å². The summed E-state index contributed by atoms with van der Waals surface area (Å²) in [5.74, 6) is 0. The predicted molar refractivity (Wildman–Crippen MR) is 69.7 cm³/mol. The molecule has 0 spiro atoms. The second-order valence-corrected chi connectivity index (χ2v) is 4.52. The van der Waals surface area contributed by atoms with E-state index in [1.54, 1.807) is 12.1 Å². The van der Waals surface area contributed by atoms with Crippen LogP contribution in [0.15, 0.2) is 43.0 Å². The van der Waals surface area contributed by atoms with Crippen LogP contribution in [0.4, 0.5) is 0 Å². The summed E-state index contributed by atoms with van der Waals surface area (Å²) in [6.45, 7) is 3.70. The van der Waals surface area contributed by atoms with E-state index in [-0.39, 0.29) is 0 Å². The van der Waals surface area contributed by atoms with Crippen LogP contribution in [0.5, 0.6) is 0 Å². The van der Waals surface area contributed by atoms with Crippen LogP contribution in [0.3, 0.4) is 0 Å². The maximum atomic E-state index is 9.02. The Morgan fingerprint density at radius 2 is 1.75 bits per heavy atom. The number of hydrogen-bond donors (Lipinski definition) is 2. The van der Waals surface area contributed by atoms with Crippen molar-refractivity contribution in [3.05, 3.63) is 48.5 Å². The minimum atomic E-state index is -1.38. The quantitative estimate of drug-likeness (QED) is 0.788. The molecular formula is C12H11BO2S. The molecule has 2 aromatic rings. The average molecular weight is 230 g/mol. The van der Waals surface area contributed by atoms with E-state index in [1.807, 2.05) is 30.3 Å². The normalized spacial score (nSPS) is 10.1. The first-order chi connectivity index (χ1) is 7.70. The van der Waals surface area contributed by atoms with Gasteiger partial charge < -0.3 is 10.0 Å². The van der Waals surface area contributed by atoms with E-state index in [0.29, 0.717) is 4.78 Å². The first-order valence-electron chi connectivity index (χ1n) is 4.89. The lowest BCUT2D eigenvalue weighted by Gasteiger charge is -1.98. The lowest BCUT2D eigenvalue weighted by Crippen LogP contribution is -2.26. The highest BCUT2D eigenvalue weighted by Gasteiger charge is 2.13. The number of thiophene rings is 1. The van der Waals surface area contributed by atoms with Crippen LogP contribution in [0.2, 0.25) is 0 Å². The van der Waals surface area contributed by atoms with Crippen molar-refractivity contribution in [2.24, 2.45) is 0 Å². The molecule has 0 radical (unpaired) electrons. The van der Waals surface area contributed by atoms with Crippen LogP contribution < -0.4 is 4.78 Å². The SMILES string of the molecule is C=Cc1ccc(-c2ccc(B(O)O)s2)cc1.